The molecule has 72 heavy (non-hydrogen) atoms. The van der Waals surface area contributed by atoms with Crippen LogP contribution in [0.15, 0.2) is 47.1 Å². The number of aromatic nitrogens is 3. The van der Waals surface area contributed by atoms with E-state index < -0.39 is 12.1 Å². The van der Waals surface area contributed by atoms with Crippen LogP contribution in [0.3, 0.4) is 0 Å². The molecule has 1 aliphatic heterocycles. The Hall–Kier alpha value is -4.98. The number of hydrogen-bond donors (Lipinski definition) is 1. The minimum atomic E-state index is -0.702. The molecular formula is C61H93N7O4. The van der Waals surface area contributed by atoms with E-state index in [0.717, 1.165) is 87.0 Å². The summed E-state index contributed by atoms with van der Waals surface area (Å²) in [7, 11) is 0. The Morgan fingerprint density at radius 1 is 0.875 bits per heavy atom. The first-order chi connectivity index (χ1) is 33.8. The van der Waals surface area contributed by atoms with Crippen molar-refractivity contribution in [1.82, 2.24) is 20.1 Å². The number of fused-ring (bicyclic) bond motifs is 1. The second-order valence-electron chi connectivity index (χ2n) is 24.5. The fourth-order valence-electron chi connectivity index (χ4n) is 10.6. The third-order valence-electron chi connectivity index (χ3n) is 16.3. The second-order valence-corrected chi connectivity index (χ2v) is 24.5. The highest BCUT2D eigenvalue weighted by Crippen LogP contribution is 2.50. The minimum Gasteiger partial charge on any atom is -0.480 e. The van der Waals surface area contributed by atoms with Gasteiger partial charge in [-0.1, -0.05) is 142 Å². The minimum absolute atomic E-state index is 0.000623. The number of allylic oxidation sites excluding steroid dienone is 1. The van der Waals surface area contributed by atoms with Gasteiger partial charge in [0.05, 0.1) is 12.3 Å². The second kappa shape index (κ2) is 23.9. The van der Waals surface area contributed by atoms with Gasteiger partial charge >= 0.3 is 5.97 Å². The lowest BCUT2D eigenvalue weighted by Gasteiger charge is -2.50. The molecule has 4 atom stereocenters. The zero-order valence-electron chi connectivity index (χ0n) is 47.9. The Morgan fingerprint density at radius 3 is 2.07 bits per heavy atom. The van der Waals surface area contributed by atoms with Crippen molar-refractivity contribution in [3.63, 3.8) is 0 Å². The third kappa shape index (κ3) is 13.2. The molecule has 5 rings (SSSR count). The third-order valence-corrected chi connectivity index (χ3v) is 16.3. The number of ether oxygens (including phenoxy) is 2. The highest BCUT2D eigenvalue weighted by atomic mass is 16.5. The number of unbranched alkanes of at least 4 members (excludes halogenated alkanes) is 3. The molecule has 1 aliphatic carbocycles. The van der Waals surface area contributed by atoms with Crippen molar-refractivity contribution in [3.05, 3.63) is 81.9 Å². The molecular weight excluding hydrogens is 895 g/mol. The number of esters is 1. The van der Waals surface area contributed by atoms with Crippen molar-refractivity contribution in [2.24, 2.45) is 33.6 Å². The van der Waals surface area contributed by atoms with Gasteiger partial charge in [-0.3, -0.25) is 4.79 Å². The lowest BCUT2D eigenvalue weighted by molar-refractivity contribution is -0.162. The Kier molecular flexibility index (Phi) is 19.2. The largest absolute Gasteiger partial charge is 0.480 e. The van der Waals surface area contributed by atoms with Crippen molar-refractivity contribution in [1.29, 1.82) is 0 Å². The molecule has 1 saturated carbocycles. The van der Waals surface area contributed by atoms with Crippen LogP contribution in [-0.2, 0) is 31.6 Å². The smallest absolute Gasteiger partial charge is 0.331 e. The van der Waals surface area contributed by atoms with Crippen LogP contribution >= 0.6 is 0 Å². The summed E-state index contributed by atoms with van der Waals surface area (Å²) >= 11 is 0. The standard InChI is InChI=1S/C61H93N7O4/c1-20-26-27-28-29-49(71-48-33-30-42(60(15,16)22-3)37-44(48)61(17,18)23-4)56(69)63-38-40(8)53-65-54-50(57(70)72-52-45(58(9,10)11)34-39(7)35-46(52)59(12,13)14)51(62-19)55(68(54)66-53)64-47-32-31-43(36-41(47)21-2)67(24-5)25-6/h30-33,36-37,39-40,45-46,49,52H,20-29,34-35,38H2,1-18H3,(H,63,69). The number of hydrogen-bond acceptors (Lipinski definition) is 8. The van der Waals surface area contributed by atoms with Crippen molar-refractivity contribution < 1.29 is 19.1 Å². The molecule has 0 spiro atoms. The van der Waals surface area contributed by atoms with Gasteiger partial charge in [-0.2, -0.15) is 5.10 Å². The molecule has 11 heteroatoms. The van der Waals surface area contributed by atoms with Crippen molar-refractivity contribution in [2.75, 3.05) is 24.5 Å². The first kappa shape index (κ1) is 57.9. The van der Waals surface area contributed by atoms with Crippen molar-refractivity contribution >= 4 is 34.7 Å². The van der Waals surface area contributed by atoms with Gasteiger partial charge in [0.1, 0.15) is 17.4 Å². The van der Waals surface area contributed by atoms with Gasteiger partial charge in [0.15, 0.2) is 23.6 Å². The van der Waals surface area contributed by atoms with E-state index in [-0.39, 0.29) is 80.9 Å². The molecule has 11 nitrogen and oxygen atoms in total. The SMILES string of the molecule is [C-]#[N+]C1=C(C(=O)OC2C(C(C)(C)C)CC(C)CC2C(C)(C)C)c2nc(C(C)CNC(=O)C(CCCCCC)Oc3ccc(C(C)(C)CC)cc3C(C)(C)CC)nn2C1=Nc1ccc(N(CC)CC)cc1CC. The first-order valence-corrected chi connectivity index (χ1v) is 27.7. The molecule has 1 N–H and O–H groups in total. The molecule has 0 saturated heterocycles. The van der Waals surface area contributed by atoms with Crippen LogP contribution in [0.4, 0.5) is 11.4 Å². The van der Waals surface area contributed by atoms with E-state index in [9.17, 15) is 4.79 Å². The molecule has 1 amide bonds. The highest BCUT2D eigenvalue weighted by molar-refractivity contribution is 6.29. The van der Waals surface area contributed by atoms with Crippen LogP contribution < -0.4 is 15.0 Å². The summed E-state index contributed by atoms with van der Waals surface area (Å²) in [6.45, 7) is 50.3. The number of amides is 1. The maximum absolute atomic E-state index is 15.1. The number of carbonyl (C=O) groups is 2. The van der Waals surface area contributed by atoms with Gasteiger partial charge in [0.25, 0.3) is 5.91 Å². The van der Waals surface area contributed by atoms with E-state index in [0.29, 0.717) is 30.3 Å². The summed E-state index contributed by atoms with van der Waals surface area (Å²) in [5, 5.41) is 8.25. The molecule has 0 radical (unpaired) electrons. The molecule has 4 unspecified atom stereocenters. The molecule has 0 bridgehead atoms. The molecule has 1 fully saturated rings. The van der Waals surface area contributed by atoms with Crippen LogP contribution in [0.25, 0.3) is 10.4 Å². The Balaban J connectivity index is 1.55. The Bertz CT molecular complexity index is 2430. The predicted octanol–water partition coefficient (Wildman–Crippen LogP) is 14.6. The maximum atomic E-state index is 15.1. The summed E-state index contributed by atoms with van der Waals surface area (Å²) in [6, 6.07) is 12.7. The number of benzene rings is 2. The van der Waals surface area contributed by atoms with Gasteiger partial charge in [-0.15, -0.1) is 0 Å². The normalized spacial score (nSPS) is 20.0. The quantitative estimate of drug-likeness (QED) is 0.0605. The first-order valence-electron chi connectivity index (χ1n) is 27.7. The van der Waals surface area contributed by atoms with E-state index >= 15 is 4.79 Å². The molecule has 2 aromatic carbocycles. The Labute approximate surface area is 435 Å². The van der Waals surface area contributed by atoms with Gasteiger partial charge in [-0.25, -0.2) is 24.3 Å². The molecule has 1 aromatic heterocycles. The van der Waals surface area contributed by atoms with Crippen molar-refractivity contribution in [2.45, 2.75) is 218 Å². The van der Waals surface area contributed by atoms with Crippen LogP contribution in [0.5, 0.6) is 5.75 Å². The zero-order valence-corrected chi connectivity index (χ0v) is 47.9. The van der Waals surface area contributed by atoms with Crippen molar-refractivity contribution in [3.8, 4) is 5.75 Å². The summed E-state index contributed by atoms with van der Waals surface area (Å²) in [4.78, 5) is 46.0. The van der Waals surface area contributed by atoms with Gasteiger partial charge < -0.3 is 19.7 Å². The lowest BCUT2D eigenvalue weighted by atomic mass is 9.59. The van der Waals surface area contributed by atoms with Gasteiger partial charge in [0, 0.05) is 48.6 Å². The van der Waals surface area contributed by atoms with E-state index in [1.54, 1.807) is 4.68 Å². The number of nitrogens with one attached hydrogen (secondary N) is 1. The number of carbonyl (C=O) groups excluding carboxylic acids is 2. The lowest BCUT2D eigenvalue weighted by Crippen LogP contribution is -2.49. The zero-order chi connectivity index (χ0) is 53.5. The molecule has 396 valence electrons. The molecule has 3 aromatic rings. The number of aryl methyl sites for hydroxylation is 1. The summed E-state index contributed by atoms with van der Waals surface area (Å²) in [5.74, 6) is 1.19. The van der Waals surface area contributed by atoms with Crippen LogP contribution in [0.2, 0.25) is 0 Å². The molecule has 2 heterocycles. The predicted molar refractivity (Wildman–Crippen MR) is 297 cm³/mol. The monoisotopic (exact) mass is 988 g/mol. The van der Waals surface area contributed by atoms with Gasteiger partial charge in [-0.05, 0) is 122 Å². The van der Waals surface area contributed by atoms with Crippen LogP contribution in [-0.4, -0.2) is 64.3 Å². The average Bonchev–Trinajstić information content (AvgIpc) is 3.89. The topological polar surface area (TPSA) is 115 Å². The average molecular weight is 988 g/mol. The van der Waals surface area contributed by atoms with E-state index in [2.05, 4.69) is 163 Å². The van der Waals surface area contributed by atoms with Crippen LogP contribution in [0, 0.1) is 35.2 Å². The van der Waals surface area contributed by atoms with E-state index in [1.807, 2.05) is 13.0 Å². The fraction of sp³-hybridized carbons (Fsp3) is 0.672. The number of nitrogens with zero attached hydrogens (tertiary/aromatic N) is 6. The molecule has 2 aliphatic rings. The van der Waals surface area contributed by atoms with E-state index in [1.165, 1.54) is 5.56 Å². The highest BCUT2D eigenvalue weighted by Gasteiger charge is 2.49. The summed E-state index contributed by atoms with van der Waals surface area (Å²) in [5.41, 5.74) is 4.92. The van der Waals surface area contributed by atoms with Gasteiger partial charge in [0.2, 0.25) is 5.70 Å². The number of rotatable bonds is 22. The fourth-order valence-corrected chi connectivity index (χ4v) is 10.6. The number of aliphatic imine (C=N–C) groups is 1. The Morgan fingerprint density at radius 2 is 1.51 bits per heavy atom. The van der Waals surface area contributed by atoms with E-state index in [4.69, 9.17) is 31.1 Å². The maximum Gasteiger partial charge on any atom is 0.331 e. The van der Waals surface area contributed by atoms with Crippen LogP contribution in [0.1, 0.15) is 217 Å². The summed E-state index contributed by atoms with van der Waals surface area (Å²) in [6.07, 6.45) is 8.10. The summed E-state index contributed by atoms with van der Waals surface area (Å²) < 4.78 is 15.2. The number of anilines is 1.